The van der Waals surface area contributed by atoms with Gasteiger partial charge in [-0.15, -0.1) is 0 Å². The Morgan fingerprint density at radius 2 is 1.85 bits per heavy atom. The maximum Gasteiger partial charge on any atom is 0.340 e. The number of hydrogen-bond acceptors (Lipinski definition) is 4. The van der Waals surface area contributed by atoms with Gasteiger partial charge in [0.1, 0.15) is 0 Å². The number of hydrogen-bond donors (Lipinski definition) is 1. The van der Waals surface area contributed by atoms with E-state index in [1.165, 1.54) is 0 Å². The van der Waals surface area contributed by atoms with Gasteiger partial charge in [-0.25, -0.2) is 4.79 Å². The first kappa shape index (κ1) is 19.5. The zero-order valence-electron chi connectivity index (χ0n) is 15.6. The minimum Gasteiger partial charge on any atom is -0.462 e. The van der Waals surface area contributed by atoms with E-state index in [2.05, 4.69) is 5.32 Å². The lowest BCUT2D eigenvalue weighted by molar-refractivity contribution is -0.118. The lowest BCUT2D eigenvalue weighted by Gasteiger charge is -2.22. The van der Waals surface area contributed by atoms with Gasteiger partial charge in [0, 0.05) is 30.9 Å². The number of nitrogens with zero attached hydrogens (tertiary/aromatic N) is 1. The van der Waals surface area contributed by atoms with Gasteiger partial charge < -0.3 is 15.0 Å². The fraction of sp³-hybridized carbons (Fsp3) is 0.333. The van der Waals surface area contributed by atoms with Gasteiger partial charge in [0.25, 0.3) is 0 Å². The van der Waals surface area contributed by atoms with Crippen molar-refractivity contribution in [2.24, 2.45) is 0 Å². The SMILES string of the molecule is CCOC(=O)c1ccccc1NCCC(=O)N(CC)c1cccc(C)c1. The van der Waals surface area contributed by atoms with Crippen molar-refractivity contribution in [3.8, 4) is 0 Å². The molecule has 0 bridgehead atoms. The highest BCUT2D eigenvalue weighted by Gasteiger charge is 2.15. The number of rotatable bonds is 8. The van der Waals surface area contributed by atoms with Gasteiger partial charge in [-0.05, 0) is 50.6 Å². The molecule has 0 spiro atoms. The third-order valence-corrected chi connectivity index (χ3v) is 4.01. The van der Waals surface area contributed by atoms with Crippen molar-refractivity contribution in [3.63, 3.8) is 0 Å². The summed E-state index contributed by atoms with van der Waals surface area (Å²) in [5.41, 5.74) is 3.19. The average molecular weight is 354 g/mol. The first-order valence-corrected chi connectivity index (χ1v) is 8.93. The standard InChI is InChI=1S/C21H26N2O3/c1-4-23(17-10-8-9-16(3)15-17)20(24)13-14-22-19-12-7-6-11-18(19)21(25)26-5-2/h6-12,15,22H,4-5,13-14H2,1-3H3. The molecule has 0 atom stereocenters. The van der Waals surface area contributed by atoms with E-state index in [1.807, 2.05) is 50.2 Å². The molecule has 138 valence electrons. The van der Waals surface area contributed by atoms with Crippen molar-refractivity contribution in [1.29, 1.82) is 0 Å². The summed E-state index contributed by atoms with van der Waals surface area (Å²) in [5.74, 6) is -0.323. The summed E-state index contributed by atoms with van der Waals surface area (Å²) in [7, 11) is 0. The van der Waals surface area contributed by atoms with Crippen LogP contribution in [0.3, 0.4) is 0 Å². The van der Waals surface area contributed by atoms with Crippen molar-refractivity contribution in [2.45, 2.75) is 27.2 Å². The molecule has 0 aliphatic rings. The summed E-state index contributed by atoms with van der Waals surface area (Å²) in [4.78, 5) is 26.4. The lowest BCUT2D eigenvalue weighted by atomic mass is 10.1. The Kier molecular flexibility index (Phi) is 7.21. The van der Waals surface area contributed by atoms with Gasteiger partial charge >= 0.3 is 5.97 Å². The van der Waals surface area contributed by atoms with Crippen LogP contribution in [0.4, 0.5) is 11.4 Å². The highest BCUT2D eigenvalue weighted by molar-refractivity contribution is 5.96. The summed E-state index contributed by atoms with van der Waals surface area (Å²) < 4.78 is 5.07. The van der Waals surface area contributed by atoms with E-state index in [1.54, 1.807) is 24.0 Å². The monoisotopic (exact) mass is 354 g/mol. The zero-order valence-corrected chi connectivity index (χ0v) is 15.6. The van der Waals surface area contributed by atoms with E-state index in [4.69, 9.17) is 4.74 Å². The molecule has 0 aliphatic carbocycles. The minimum absolute atomic E-state index is 0.0409. The molecule has 1 amide bonds. The number of aryl methyl sites for hydroxylation is 1. The van der Waals surface area contributed by atoms with E-state index in [9.17, 15) is 9.59 Å². The van der Waals surface area contributed by atoms with Gasteiger partial charge in [-0.3, -0.25) is 4.79 Å². The molecule has 0 fully saturated rings. The van der Waals surface area contributed by atoms with E-state index < -0.39 is 0 Å². The number of nitrogens with one attached hydrogen (secondary N) is 1. The number of esters is 1. The molecule has 0 radical (unpaired) electrons. The molecule has 26 heavy (non-hydrogen) atoms. The number of amides is 1. The summed E-state index contributed by atoms with van der Waals surface area (Å²) in [6, 6.07) is 15.1. The van der Waals surface area contributed by atoms with E-state index in [-0.39, 0.29) is 11.9 Å². The molecule has 0 saturated heterocycles. The molecule has 0 saturated carbocycles. The maximum absolute atomic E-state index is 12.6. The molecule has 2 aromatic rings. The van der Waals surface area contributed by atoms with E-state index in [0.29, 0.717) is 37.4 Å². The van der Waals surface area contributed by atoms with E-state index >= 15 is 0 Å². The van der Waals surface area contributed by atoms with Crippen molar-refractivity contribution in [2.75, 3.05) is 29.9 Å². The highest BCUT2D eigenvalue weighted by atomic mass is 16.5. The summed E-state index contributed by atoms with van der Waals surface area (Å²) in [6.45, 7) is 7.13. The van der Waals surface area contributed by atoms with Crippen LogP contribution in [-0.4, -0.2) is 31.6 Å². The third kappa shape index (κ3) is 5.09. The van der Waals surface area contributed by atoms with E-state index in [0.717, 1.165) is 11.3 Å². The second kappa shape index (κ2) is 9.61. The predicted molar refractivity (Wildman–Crippen MR) is 105 cm³/mol. The second-order valence-electron chi connectivity index (χ2n) is 5.92. The van der Waals surface area contributed by atoms with Crippen molar-refractivity contribution in [3.05, 3.63) is 59.7 Å². The summed E-state index contributed by atoms with van der Waals surface area (Å²) in [6.07, 6.45) is 0.332. The molecule has 5 nitrogen and oxygen atoms in total. The highest BCUT2D eigenvalue weighted by Crippen LogP contribution is 2.18. The minimum atomic E-state index is -0.364. The molecular formula is C21H26N2O3. The molecule has 2 aromatic carbocycles. The first-order chi connectivity index (χ1) is 12.6. The number of ether oxygens (including phenoxy) is 1. The maximum atomic E-state index is 12.6. The van der Waals surface area contributed by atoms with Gasteiger partial charge in [0.15, 0.2) is 0 Å². The van der Waals surface area contributed by atoms with Gasteiger partial charge in [-0.1, -0.05) is 24.3 Å². The Morgan fingerprint density at radius 1 is 1.08 bits per heavy atom. The van der Waals surface area contributed by atoms with Crippen LogP contribution in [0.1, 0.15) is 36.2 Å². The summed E-state index contributed by atoms with van der Waals surface area (Å²) in [5, 5.41) is 3.18. The fourth-order valence-electron chi connectivity index (χ4n) is 2.76. The number of anilines is 2. The molecule has 5 heteroatoms. The van der Waals surface area contributed by atoms with Crippen LogP contribution in [0.2, 0.25) is 0 Å². The number of benzene rings is 2. The molecule has 1 N–H and O–H groups in total. The van der Waals surface area contributed by atoms with Crippen LogP contribution < -0.4 is 10.2 Å². The molecule has 0 aliphatic heterocycles. The Labute approximate surface area is 155 Å². The molecular weight excluding hydrogens is 328 g/mol. The zero-order chi connectivity index (χ0) is 18.9. The quantitative estimate of drug-likeness (QED) is 0.727. The van der Waals surface area contributed by atoms with Crippen LogP contribution in [0.15, 0.2) is 48.5 Å². The smallest absolute Gasteiger partial charge is 0.340 e. The van der Waals surface area contributed by atoms with Gasteiger partial charge in [-0.2, -0.15) is 0 Å². The average Bonchev–Trinajstić information content (AvgIpc) is 2.63. The predicted octanol–water partition coefficient (Wildman–Crippen LogP) is 4.03. The molecule has 0 unspecified atom stereocenters. The normalized spacial score (nSPS) is 10.3. The second-order valence-corrected chi connectivity index (χ2v) is 5.92. The number of carbonyl (C=O) groups excluding carboxylic acids is 2. The Hall–Kier alpha value is -2.82. The Balaban J connectivity index is 1.99. The third-order valence-electron chi connectivity index (χ3n) is 4.01. The number of carbonyl (C=O) groups is 2. The Bertz CT molecular complexity index is 758. The van der Waals surface area contributed by atoms with Crippen LogP contribution in [-0.2, 0) is 9.53 Å². The molecule has 2 rings (SSSR count). The lowest BCUT2D eigenvalue weighted by Crippen LogP contribution is -2.32. The van der Waals surface area contributed by atoms with Gasteiger partial charge in [0.05, 0.1) is 12.2 Å². The first-order valence-electron chi connectivity index (χ1n) is 8.93. The molecule has 0 aromatic heterocycles. The van der Waals surface area contributed by atoms with Crippen LogP contribution in [0.5, 0.6) is 0 Å². The van der Waals surface area contributed by atoms with Crippen molar-refractivity contribution in [1.82, 2.24) is 0 Å². The van der Waals surface area contributed by atoms with Crippen molar-refractivity contribution < 1.29 is 14.3 Å². The fourth-order valence-corrected chi connectivity index (χ4v) is 2.76. The largest absolute Gasteiger partial charge is 0.462 e. The van der Waals surface area contributed by atoms with Crippen molar-refractivity contribution >= 4 is 23.3 Å². The molecule has 0 heterocycles. The van der Waals surface area contributed by atoms with Crippen LogP contribution in [0, 0.1) is 6.92 Å². The van der Waals surface area contributed by atoms with Crippen LogP contribution >= 0.6 is 0 Å². The Morgan fingerprint density at radius 3 is 2.54 bits per heavy atom. The number of para-hydroxylation sites is 1. The van der Waals surface area contributed by atoms with Crippen LogP contribution in [0.25, 0.3) is 0 Å². The van der Waals surface area contributed by atoms with Gasteiger partial charge in [0.2, 0.25) is 5.91 Å². The topological polar surface area (TPSA) is 58.6 Å². The summed E-state index contributed by atoms with van der Waals surface area (Å²) >= 11 is 0.